The minimum atomic E-state index is -0.165. The quantitative estimate of drug-likeness (QED) is 0.440. The highest BCUT2D eigenvalue weighted by molar-refractivity contribution is 9.11. The molecule has 3 nitrogen and oxygen atoms in total. The number of thioether (sulfide) groups is 1. The highest BCUT2D eigenvalue weighted by Gasteiger charge is 2.22. The molecule has 2 aromatic rings. The monoisotopic (exact) mass is 497 g/mol. The summed E-state index contributed by atoms with van der Waals surface area (Å²) < 4.78 is 8.06. The van der Waals surface area contributed by atoms with Gasteiger partial charge in [0.05, 0.1) is 13.9 Å². The van der Waals surface area contributed by atoms with Crippen LogP contribution in [0.1, 0.15) is 16.7 Å². The van der Waals surface area contributed by atoms with E-state index in [4.69, 9.17) is 17.0 Å². The van der Waals surface area contributed by atoms with Gasteiger partial charge in [0.2, 0.25) is 0 Å². The normalized spacial score (nSPS) is 15.6. The van der Waals surface area contributed by atoms with Gasteiger partial charge in [-0.3, -0.25) is 4.79 Å². The van der Waals surface area contributed by atoms with Crippen LogP contribution in [0.25, 0.3) is 6.08 Å². The van der Waals surface area contributed by atoms with Gasteiger partial charge in [-0.25, -0.2) is 0 Å². The molecule has 1 amide bonds. The Kier molecular flexibility index (Phi) is 5.99. The number of thiocarbonyl (C=S) groups is 1. The largest absolute Gasteiger partial charge is 0.487 e. The first-order chi connectivity index (χ1) is 11.9. The first-order valence-electron chi connectivity index (χ1n) is 7.34. The Morgan fingerprint density at radius 1 is 1.24 bits per heavy atom. The predicted molar refractivity (Wildman–Crippen MR) is 114 cm³/mol. The second-order valence-corrected chi connectivity index (χ2v) is 8.87. The molecule has 0 atom stereocenters. The van der Waals surface area contributed by atoms with Gasteiger partial charge in [-0.15, -0.1) is 0 Å². The molecule has 1 aliphatic heterocycles. The van der Waals surface area contributed by atoms with Crippen molar-refractivity contribution in [3.05, 3.63) is 66.9 Å². The molecule has 3 rings (SSSR count). The summed E-state index contributed by atoms with van der Waals surface area (Å²) in [5.41, 5.74) is 3.19. The molecule has 0 bridgehead atoms. The maximum absolute atomic E-state index is 11.8. The highest BCUT2D eigenvalue weighted by Crippen LogP contribution is 2.37. The van der Waals surface area contributed by atoms with E-state index >= 15 is 0 Å². The number of carbonyl (C=O) groups is 1. The number of ether oxygens (including phenoxy) is 1. The number of aryl methyl sites for hydroxylation is 1. The summed E-state index contributed by atoms with van der Waals surface area (Å²) >= 11 is 13.4. The molecule has 0 aromatic heterocycles. The van der Waals surface area contributed by atoms with Crippen molar-refractivity contribution in [2.24, 2.45) is 0 Å². The lowest BCUT2D eigenvalue weighted by molar-refractivity contribution is -0.115. The molecular weight excluding hydrogens is 486 g/mol. The fraction of sp³-hybridized carbons (Fsp3) is 0.111. The summed E-state index contributed by atoms with van der Waals surface area (Å²) in [6, 6.07) is 12.0. The van der Waals surface area contributed by atoms with Crippen LogP contribution in [0, 0.1) is 6.92 Å². The van der Waals surface area contributed by atoms with E-state index in [2.05, 4.69) is 56.2 Å². The van der Waals surface area contributed by atoms with E-state index in [1.807, 2.05) is 24.3 Å². The number of rotatable bonds is 4. The molecule has 0 radical (unpaired) electrons. The summed E-state index contributed by atoms with van der Waals surface area (Å²) in [6.45, 7) is 2.53. The zero-order valence-electron chi connectivity index (χ0n) is 13.1. The first kappa shape index (κ1) is 18.6. The van der Waals surface area contributed by atoms with Gasteiger partial charge >= 0.3 is 0 Å². The van der Waals surface area contributed by atoms with E-state index < -0.39 is 0 Å². The van der Waals surface area contributed by atoms with Crippen LogP contribution in [-0.2, 0) is 11.4 Å². The number of carbonyl (C=O) groups excluding carboxylic acids is 1. The van der Waals surface area contributed by atoms with E-state index in [0.29, 0.717) is 15.8 Å². The maximum Gasteiger partial charge on any atom is 0.263 e. The van der Waals surface area contributed by atoms with E-state index in [1.54, 1.807) is 6.08 Å². The van der Waals surface area contributed by atoms with Crippen molar-refractivity contribution in [1.29, 1.82) is 0 Å². The van der Waals surface area contributed by atoms with Crippen molar-refractivity contribution in [2.75, 3.05) is 0 Å². The van der Waals surface area contributed by atoms with Gasteiger partial charge in [0.1, 0.15) is 16.7 Å². The summed E-state index contributed by atoms with van der Waals surface area (Å²) in [7, 11) is 0. The molecule has 1 aliphatic rings. The van der Waals surface area contributed by atoms with E-state index in [1.165, 1.54) is 17.3 Å². The lowest BCUT2D eigenvalue weighted by Crippen LogP contribution is -2.17. The van der Waals surface area contributed by atoms with Gasteiger partial charge < -0.3 is 10.1 Å². The van der Waals surface area contributed by atoms with Crippen LogP contribution in [-0.4, -0.2) is 10.2 Å². The summed E-state index contributed by atoms with van der Waals surface area (Å²) in [5, 5.41) is 2.61. The van der Waals surface area contributed by atoms with E-state index in [-0.39, 0.29) is 5.91 Å². The number of hydrogen-bond donors (Lipinski definition) is 1. The third-order valence-electron chi connectivity index (χ3n) is 3.43. The number of hydrogen-bond acceptors (Lipinski definition) is 4. The second-order valence-electron chi connectivity index (χ2n) is 5.44. The van der Waals surface area contributed by atoms with Crippen LogP contribution < -0.4 is 10.1 Å². The van der Waals surface area contributed by atoms with Crippen LogP contribution in [0.15, 0.2) is 50.2 Å². The van der Waals surface area contributed by atoms with Gasteiger partial charge in [0.25, 0.3) is 5.91 Å². The molecule has 1 fully saturated rings. The molecule has 0 spiro atoms. The van der Waals surface area contributed by atoms with Crippen LogP contribution in [0.2, 0.25) is 0 Å². The summed E-state index contributed by atoms with van der Waals surface area (Å²) in [4.78, 5) is 12.4. The SMILES string of the molecule is Cc1cccc(COc2c(Br)cc(/C=C3\SC(=S)NC3=O)cc2Br)c1. The molecular formula is C18H13Br2NO2S2. The Bertz CT molecular complexity index is 873. The van der Waals surface area contributed by atoms with Crippen molar-refractivity contribution in [2.45, 2.75) is 13.5 Å². The van der Waals surface area contributed by atoms with Gasteiger partial charge in [-0.05, 0) is 68.1 Å². The lowest BCUT2D eigenvalue weighted by Gasteiger charge is -2.12. The molecule has 7 heteroatoms. The highest BCUT2D eigenvalue weighted by atomic mass is 79.9. The Labute approximate surface area is 172 Å². The molecule has 25 heavy (non-hydrogen) atoms. The summed E-state index contributed by atoms with van der Waals surface area (Å²) in [6.07, 6.45) is 1.80. The van der Waals surface area contributed by atoms with Gasteiger partial charge in [0, 0.05) is 0 Å². The molecule has 1 saturated heterocycles. The van der Waals surface area contributed by atoms with Crippen molar-refractivity contribution >= 4 is 72.1 Å². The van der Waals surface area contributed by atoms with Crippen molar-refractivity contribution < 1.29 is 9.53 Å². The third-order valence-corrected chi connectivity index (χ3v) is 5.77. The Morgan fingerprint density at radius 3 is 2.56 bits per heavy atom. The lowest BCUT2D eigenvalue weighted by atomic mass is 10.1. The van der Waals surface area contributed by atoms with Crippen LogP contribution >= 0.6 is 55.8 Å². The fourth-order valence-electron chi connectivity index (χ4n) is 2.33. The Hall–Kier alpha value is -1.15. The fourth-order valence-corrected chi connectivity index (χ4v) is 4.83. The zero-order chi connectivity index (χ0) is 18.0. The molecule has 0 saturated carbocycles. The third kappa shape index (κ3) is 4.73. The number of benzene rings is 2. The average Bonchev–Trinajstić information content (AvgIpc) is 2.84. The number of amides is 1. The minimum Gasteiger partial charge on any atom is -0.487 e. The zero-order valence-corrected chi connectivity index (χ0v) is 17.9. The Balaban J connectivity index is 1.80. The van der Waals surface area contributed by atoms with Crippen molar-refractivity contribution in [3.8, 4) is 5.75 Å². The van der Waals surface area contributed by atoms with Crippen molar-refractivity contribution in [3.63, 3.8) is 0 Å². The molecule has 128 valence electrons. The second kappa shape index (κ2) is 8.03. The maximum atomic E-state index is 11.8. The predicted octanol–water partition coefficient (Wildman–Crippen LogP) is 5.59. The number of nitrogens with one attached hydrogen (secondary N) is 1. The molecule has 0 aliphatic carbocycles. The van der Waals surface area contributed by atoms with Gasteiger partial charge in [-0.1, -0.05) is 53.8 Å². The molecule has 1 heterocycles. The first-order valence-corrected chi connectivity index (χ1v) is 10.2. The molecule has 2 aromatic carbocycles. The van der Waals surface area contributed by atoms with E-state index in [0.717, 1.165) is 25.8 Å². The van der Waals surface area contributed by atoms with Gasteiger partial charge in [0.15, 0.2) is 0 Å². The number of halogens is 2. The minimum absolute atomic E-state index is 0.165. The van der Waals surface area contributed by atoms with Crippen molar-refractivity contribution in [1.82, 2.24) is 5.32 Å². The van der Waals surface area contributed by atoms with Gasteiger partial charge in [-0.2, -0.15) is 0 Å². The standard InChI is InChI=1S/C18H13Br2NO2S2/c1-10-3-2-4-11(5-10)9-23-16-13(19)6-12(7-14(16)20)8-15-17(22)21-18(24)25-15/h2-8H,9H2,1H3,(H,21,22,24)/b15-8-. The van der Waals surface area contributed by atoms with Crippen LogP contribution in [0.4, 0.5) is 0 Å². The average molecular weight is 499 g/mol. The Morgan fingerprint density at radius 2 is 1.96 bits per heavy atom. The summed E-state index contributed by atoms with van der Waals surface area (Å²) in [5.74, 6) is 0.560. The van der Waals surface area contributed by atoms with E-state index in [9.17, 15) is 4.79 Å². The topological polar surface area (TPSA) is 38.3 Å². The van der Waals surface area contributed by atoms with Crippen LogP contribution in [0.3, 0.4) is 0 Å². The smallest absolute Gasteiger partial charge is 0.263 e. The molecule has 0 unspecified atom stereocenters. The van der Waals surface area contributed by atoms with Crippen LogP contribution in [0.5, 0.6) is 5.75 Å². The molecule has 1 N–H and O–H groups in total.